The summed E-state index contributed by atoms with van der Waals surface area (Å²) in [5.74, 6) is 2.01. The van der Waals surface area contributed by atoms with Crippen LogP contribution in [0.2, 0.25) is 0 Å². The maximum atomic E-state index is 10.6. The van der Waals surface area contributed by atoms with Gasteiger partial charge < -0.3 is 24.9 Å². The second-order valence-corrected chi connectivity index (χ2v) is 6.85. The van der Waals surface area contributed by atoms with Crippen molar-refractivity contribution in [3.63, 3.8) is 0 Å². The Morgan fingerprint density at radius 1 is 1.14 bits per heavy atom. The highest BCUT2D eigenvalue weighted by Crippen LogP contribution is 2.22. The molecule has 2 aromatic carbocycles. The van der Waals surface area contributed by atoms with Crippen molar-refractivity contribution in [2.75, 3.05) is 20.2 Å². The Balaban J connectivity index is 0.00000300. The SMILES string of the molecule is CCNC(=NCc1ccc2cc(OC)ccc2c1)NCC(C)(O)c1ccco1.I. The summed E-state index contributed by atoms with van der Waals surface area (Å²) < 4.78 is 10.6. The van der Waals surface area contributed by atoms with Crippen molar-refractivity contribution in [2.45, 2.75) is 26.0 Å². The molecule has 29 heavy (non-hydrogen) atoms. The maximum absolute atomic E-state index is 10.6. The summed E-state index contributed by atoms with van der Waals surface area (Å²) >= 11 is 0. The van der Waals surface area contributed by atoms with Crippen molar-refractivity contribution in [1.82, 2.24) is 10.6 Å². The van der Waals surface area contributed by atoms with E-state index in [2.05, 4.69) is 33.8 Å². The number of nitrogens with one attached hydrogen (secondary N) is 2. The Morgan fingerprint density at radius 3 is 2.59 bits per heavy atom. The number of ether oxygens (including phenoxy) is 1. The summed E-state index contributed by atoms with van der Waals surface area (Å²) in [6.07, 6.45) is 1.55. The van der Waals surface area contributed by atoms with E-state index in [-0.39, 0.29) is 30.5 Å². The molecule has 0 spiro atoms. The van der Waals surface area contributed by atoms with Crippen LogP contribution in [-0.4, -0.2) is 31.3 Å². The minimum absolute atomic E-state index is 0. The van der Waals surface area contributed by atoms with Crippen LogP contribution in [0, 0.1) is 0 Å². The van der Waals surface area contributed by atoms with Crippen molar-refractivity contribution >= 4 is 40.7 Å². The molecule has 3 N–H and O–H groups in total. The van der Waals surface area contributed by atoms with Crippen molar-refractivity contribution < 1.29 is 14.3 Å². The van der Waals surface area contributed by atoms with Crippen LogP contribution < -0.4 is 15.4 Å². The predicted octanol–water partition coefficient (Wildman–Crippen LogP) is 4.02. The van der Waals surface area contributed by atoms with Crippen LogP contribution in [0.4, 0.5) is 0 Å². The molecule has 1 aromatic heterocycles. The molecule has 1 atom stereocenters. The second kappa shape index (κ2) is 10.5. The molecule has 6 nitrogen and oxygen atoms in total. The van der Waals surface area contributed by atoms with Crippen LogP contribution in [0.1, 0.15) is 25.2 Å². The highest BCUT2D eigenvalue weighted by atomic mass is 127. The van der Waals surface area contributed by atoms with Crippen molar-refractivity contribution in [3.8, 4) is 5.75 Å². The van der Waals surface area contributed by atoms with Gasteiger partial charge in [0.1, 0.15) is 17.1 Å². The Kier molecular flexibility index (Phi) is 8.33. The lowest BCUT2D eigenvalue weighted by atomic mass is 10.0. The van der Waals surface area contributed by atoms with Crippen LogP contribution in [0.5, 0.6) is 5.75 Å². The Morgan fingerprint density at radius 2 is 1.90 bits per heavy atom. The van der Waals surface area contributed by atoms with Gasteiger partial charge in [-0.1, -0.05) is 18.2 Å². The van der Waals surface area contributed by atoms with Gasteiger partial charge in [0.2, 0.25) is 0 Å². The summed E-state index contributed by atoms with van der Waals surface area (Å²) in [5, 5.41) is 19.3. The normalized spacial score (nSPS) is 13.4. The van der Waals surface area contributed by atoms with E-state index in [4.69, 9.17) is 9.15 Å². The number of methoxy groups -OCH3 is 1. The van der Waals surface area contributed by atoms with Crippen molar-refractivity contribution in [2.24, 2.45) is 4.99 Å². The number of benzene rings is 2. The molecular weight excluding hydrogens is 481 g/mol. The lowest BCUT2D eigenvalue weighted by molar-refractivity contribution is 0.0386. The number of hydrogen-bond donors (Lipinski definition) is 3. The van der Waals surface area contributed by atoms with Gasteiger partial charge >= 0.3 is 0 Å². The molecule has 3 rings (SSSR count). The third-order valence-electron chi connectivity index (χ3n) is 4.53. The summed E-state index contributed by atoms with van der Waals surface area (Å²) in [7, 11) is 1.67. The van der Waals surface area contributed by atoms with E-state index in [1.54, 1.807) is 32.4 Å². The third kappa shape index (κ3) is 6.11. The van der Waals surface area contributed by atoms with Gasteiger partial charge in [-0.25, -0.2) is 4.99 Å². The van der Waals surface area contributed by atoms with Crippen molar-refractivity contribution in [1.29, 1.82) is 0 Å². The second-order valence-electron chi connectivity index (χ2n) is 6.85. The number of halogens is 1. The number of rotatable bonds is 7. The number of aliphatic imine (C=N–C) groups is 1. The van der Waals surface area contributed by atoms with E-state index in [9.17, 15) is 5.11 Å². The molecule has 156 valence electrons. The zero-order chi connectivity index (χ0) is 20.0. The number of furan rings is 1. The third-order valence-corrected chi connectivity index (χ3v) is 4.53. The zero-order valence-electron chi connectivity index (χ0n) is 16.9. The molecule has 0 bridgehead atoms. The van der Waals surface area contributed by atoms with Crippen LogP contribution in [-0.2, 0) is 12.1 Å². The van der Waals surface area contributed by atoms with E-state index in [1.165, 1.54) is 0 Å². The van der Waals surface area contributed by atoms with Crippen LogP contribution >= 0.6 is 24.0 Å². The van der Waals surface area contributed by atoms with Crippen molar-refractivity contribution in [3.05, 3.63) is 66.1 Å². The van der Waals surface area contributed by atoms with Gasteiger partial charge in [0.05, 0.1) is 26.5 Å². The zero-order valence-corrected chi connectivity index (χ0v) is 19.3. The highest BCUT2D eigenvalue weighted by Gasteiger charge is 2.26. The summed E-state index contributed by atoms with van der Waals surface area (Å²) in [5.41, 5.74) is -0.0190. The number of hydrogen-bond acceptors (Lipinski definition) is 4. The lowest BCUT2D eigenvalue weighted by Gasteiger charge is -2.22. The van der Waals surface area contributed by atoms with Crippen LogP contribution in [0.3, 0.4) is 0 Å². The molecule has 3 aromatic rings. The first kappa shape index (κ1) is 23.0. The van der Waals surface area contributed by atoms with Gasteiger partial charge in [0.15, 0.2) is 5.96 Å². The van der Waals surface area contributed by atoms with Gasteiger partial charge in [0, 0.05) is 6.54 Å². The van der Waals surface area contributed by atoms with Gasteiger partial charge in [0.25, 0.3) is 0 Å². The Labute approximate surface area is 188 Å². The Hall–Kier alpha value is -2.26. The molecule has 1 unspecified atom stereocenters. The molecule has 0 radical (unpaired) electrons. The maximum Gasteiger partial charge on any atom is 0.191 e. The summed E-state index contributed by atoms with van der Waals surface area (Å²) in [6, 6.07) is 15.8. The minimum Gasteiger partial charge on any atom is -0.497 e. The first-order chi connectivity index (χ1) is 13.5. The van der Waals surface area contributed by atoms with E-state index in [0.717, 1.165) is 28.6 Å². The molecule has 0 saturated heterocycles. The quantitative estimate of drug-likeness (QED) is 0.255. The minimum atomic E-state index is -1.12. The topological polar surface area (TPSA) is 79.0 Å². The molecule has 1 heterocycles. The smallest absolute Gasteiger partial charge is 0.191 e. The fraction of sp³-hybridized carbons (Fsp3) is 0.318. The van der Waals surface area contributed by atoms with Crippen LogP contribution in [0.15, 0.2) is 64.2 Å². The molecule has 0 fully saturated rings. The first-order valence-electron chi connectivity index (χ1n) is 9.37. The number of nitrogens with zero attached hydrogens (tertiary/aromatic N) is 1. The fourth-order valence-corrected chi connectivity index (χ4v) is 2.94. The highest BCUT2D eigenvalue weighted by molar-refractivity contribution is 14.0. The fourth-order valence-electron chi connectivity index (χ4n) is 2.94. The monoisotopic (exact) mass is 509 g/mol. The summed E-state index contributed by atoms with van der Waals surface area (Å²) in [6.45, 7) is 5.25. The van der Waals surface area contributed by atoms with Gasteiger partial charge in [-0.3, -0.25) is 0 Å². The average molecular weight is 509 g/mol. The molecular formula is C22H28IN3O3. The van der Waals surface area contributed by atoms with E-state index >= 15 is 0 Å². The standard InChI is InChI=1S/C22H27N3O3.HI/c1-4-23-21(25-15-22(2,26)20-6-5-11-28-20)24-14-16-7-8-18-13-19(27-3)10-9-17(18)12-16;/h5-13,26H,4,14-15H2,1-3H3,(H2,23,24,25);1H. The van der Waals surface area contributed by atoms with E-state index in [1.807, 2.05) is 25.1 Å². The molecule has 0 aliphatic carbocycles. The molecule has 7 heteroatoms. The van der Waals surface area contributed by atoms with Crippen LogP contribution in [0.25, 0.3) is 10.8 Å². The van der Waals surface area contributed by atoms with Gasteiger partial charge in [-0.15, -0.1) is 24.0 Å². The number of aliphatic hydroxyl groups is 1. The molecule has 0 aliphatic heterocycles. The molecule has 0 amide bonds. The first-order valence-corrected chi connectivity index (χ1v) is 9.37. The lowest BCUT2D eigenvalue weighted by Crippen LogP contribution is -2.44. The summed E-state index contributed by atoms with van der Waals surface area (Å²) in [4.78, 5) is 4.64. The molecule has 0 aliphatic rings. The average Bonchev–Trinajstić information content (AvgIpc) is 3.25. The Bertz CT molecular complexity index is 940. The number of fused-ring (bicyclic) bond motifs is 1. The van der Waals surface area contributed by atoms with E-state index < -0.39 is 5.60 Å². The predicted molar refractivity (Wildman–Crippen MR) is 127 cm³/mol. The largest absolute Gasteiger partial charge is 0.497 e. The molecule has 0 saturated carbocycles. The van der Waals surface area contributed by atoms with E-state index in [0.29, 0.717) is 18.3 Å². The van der Waals surface area contributed by atoms with Gasteiger partial charge in [-0.05, 0) is 60.5 Å². The van der Waals surface area contributed by atoms with Gasteiger partial charge in [-0.2, -0.15) is 0 Å². The number of guanidine groups is 1.